The summed E-state index contributed by atoms with van der Waals surface area (Å²) >= 11 is 0. The molecule has 0 N–H and O–H groups in total. The van der Waals surface area contributed by atoms with Crippen molar-refractivity contribution < 1.29 is 14.6 Å². The number of methoxy groups -OCH3 is 1. The summed E-state index contributed by atoms with van der Waals surface area (Å²) < 4.78 is 4.79. The minimum atomic E-state index is -0.961. The van der Waals surface area contributed by atoms with Gasteiger partial charge in [-0.3, -0.25) is 0 Å². The molecule has 0 aliphatic rings. The lowest BCUT2D eigenvalue weighted by Gasteiger charge is -2.03. The van der Waals surface area contributed by atoms with Gasteiger partial charge in [0, 0.05) is 19.7 Å². The van der Waals surface area contributed by atoms with Crippen LogP contribution in [-0.4, -0.2) is 33.3 Å². The Morgan fingerprint density at radius 2 is 2.00 bits per heavy atom. The number of nitrogens with zero attached hydrogens (tertiary/aromatic N) is 1. The molecule has 0 unspecified atom stereocenters. The summed E-state index contributed by atoms with van der Waals surface area (Å²) in [5, 5.41) is 13.7. The van der Waals surface area contributed by atoms with Crippen LogP contribution in [-0.2, 0) is 9.53 Å². The van der Waals surface area contributed by atoms with Crippen LogP contribution >= 0.6 is 0 Å². The molecule has 15 heavy (non-hydrogen) atoms. The molecule has 0 amide bonds. The van der Waals surface area contributed by atoms with Crippen LogP contribution in [0.1, 0.15) is 39.0 Å². The smallest absolute Gasteiger partial charge is 0.0462 e. The number of rotatable bonds is 8. The highest BCUT2D eigenvalue weighted by Gasteiger charge is 1.88. The second-order valence-corrected chi connectivity index (χ2v) is 3.22. The van der Waals surface area contributed by atoms with E-state index < -0.39 is 5.97 Å². The Hall–Kier alpha value is -0.610. The van der Waals surface area contributed by atoms with Crippen molar-refractivity contribution in [3.63, 3.8) is 0 Å². The predicted molar refractivity (Wildman–Crippen MR) is 59.8 cm³/mol. The highest BCUT2D eigenvalue weighted by atomic mass is 16.5. The minimum Gasteiger partial charge on any atom is -0.665 e. The van der Waals surface area contributed by atoms with Gasteiger partial charge in [0.2, 0.25) is 0 Å². The molecule has 0 aromatic carbocycles. The minimum absolute atomic E-state index is 0.170. The standard InChI is InChI=1S/C7H14O3.C4H10N/c1-10-6-4-2-3-5-7(8)9;1-3-4-5-2/h2-6H2,1H3,(H,8,9);3-4H2,1-2H3/q;-1/p-1. The highest BCUT2D eigenvalue weighted by Crippen LogP contribution is 1.98. The molecule has 92 valence electrons. The first-order valence-electron chi connectivity index (χ1n) is 5.43. The number of carbonyl (C=O) groups excluding carboxylic acids is 1. The van der Waals surface area contributed by atoms with E-state index in [1.807, 2.05) is 7.05 Å². The van der Waals surface area contributed by atoms with E-state index in [2.05, 4.69) is 12.2 Å². The van der Waals surface area contributed by atoms with Crippen molar-refractivity contribution in [3.8, 4) is 0 Å². The van der Waals surface area contributed by atoms with E-state index in [1.54, 1.807) is 7.11 Å². The zero-order valence-corrected chi connectivity index (χ0v) is 10.1. The SMILES string of the molecule is CCC[N-]C.COCCCCCC(=O)[O-]. The van der Waals surface area contributed by atoms with Gasteiger partial charge in [0.15, 0.2) is 0 Å². The van der Waals surface area contributed by atoms with Crippen molar-refractivity contribution in [3.05, 3.63) is 5.32 Å². The Morgan fingerprint density at radius 1 is 1.33 bits per heavy atom. The van der Waals surface area contributed by atoms with E-state index in [0.29, 0.717) is 13.0 Å². The average Bonchev–Trinajstić information content (AvgIpc) is 2.19. The van der Waals surface area contributed by atoms with Crippen LogP contribution < -0.4 is 5.11 Å². The van der Waals surface area contributed by atoms with Gasteiger partial charge in [0.1, 0.15) is 0 Å². The van der Waals surface area contributed by atoms with Gasteiger partial charge < -0.3 is 20.0 Å². The Kier molecular flexibility index (Phi) is 17.8. The van der Waals surface area contributed by atoms with E-state index in [9.17, 15) is 9.90 Å². The Labute approximate surface area is 93.0 Å². The molecule has 0 radical (unpaired) electrons. The van der Waals surface area contributed by atoms with Crippen molar-refractivity contribution in [1.29, 1.82) is 0 Å². The highest BCUT2D eigenvalue weighted by molar-refractivity contribution is 5.63. The summed E-state index contributed by atoms with van der Waals surface area (Å²) in [5.74, 6) is -0.961. The molecule has 0 fully saturated rings. The lowest BCUT2D eigenvalue weighted by atomic mass is 10.2. The maximum Gasteiger partial charge on any atom is 0.0462 e. The Bertz CT molecular complexity index is 127. The molecular weight excluding hydrogens is 194 g/mol. The van der Waals surface area contributed by atoms with Crippen molar-refractivity contribution in [1.82, 2.24) is 0 Å². The van der Waals surface area contributed by atoms with Gasteiger partial charge in [-0.2, -0.15) is 7.05 Å². The number of carboxylic acids is 1. The van der Waals surface area contributed by atoms with Crippen LogP contribution in [0.5, 0.6) is 0 Å². The number of hydrogen-bond acceptors (Lipinski definition) is 3. The molecule has 0 bridgehead atoms. The average molecular weight is 217 g/mol. The maximum absolute atomic E-state index is 9.89. The van der Waals surface area contributed by atoms with Gasteiger partial charge in [0.05, 0.1) is 0 Å². The number of ether oxygens (including phenoxy) is 1. The molecule has 0 rings (SSSR count). The quantitative estimate of drug-likeness (QED) is 0.576. The number of aliphatic carboxylic acids is 1. The van der Waals surface area contributed by atoms with Crippen LogP contribution in [0, 0.1) is 0 Å². The first kappa shape index (κ1) is 16.8. The zero-order valence-electron chi connectivity index (χ0n) is 10.1. The Morgan fingerprint density at radius 3 is 2.33 bits per heavy atom. The normalized spacial score (nSPS) is 9.27. The fourth-order valence-corrected chi connectivity index (χ4v) is 0.916. The molecule has 0 atom stereocenters. The van der Waals surface area contributed by atoms with E-state index in [1.165, 1.54) is 6.42 Å². The third kappa shape index (κ3) is 24.7. The fourth-order valence-electron chi connectivity index (χ4n) is 0.916. The molecule has 0 saturated carbocycles. The second kappa shape index (κ2) is 15.8. The van der Waals surface area contributed by atoms with Crippen LogP contribution in [0.2, 0.25) is 0 Å². The summed E-state index contributed by atoms with van der Waals surface area (Å²) in [5.41, 5.74) is 0. The molecule has 0 aliphatic carbocycles. The van der Waals surface area contributed by atoms with E-state index in [0.717, 1.165) is 19.4 Å². The van der Waals surface area contributed by atoms with Gasteiger partial charge >= 0.3 is 0 Å². The lowest BCUT2D eigenvalue weighted by molar-refractivity contribution is -0.305. The van der Waals surface area contributed by atoms with Crippen LogP contribution in [0.15, 0.2) is 0 Å². The maximum atomic E-state index is 9.89. The molecule has 0 aromatic heterocycles. The van der Waals surface area contributed by atoms with E-state index in [4.69, 9.17) is 4.74 Å². The van der Waals surface area contributed by atoms with Crippen LogP contribution in [0.25, 0.3) is 5.32 Å². The van der Waals surface area contributed by atoms with Gasteiger partial charge in [-0.05, 0) is 19.3 Å². The fraction of sp³-hybridized carbons (Fsp3) is 0.909. The van der Waals surface area contributed by atoms with Crippen molar-refractivity contribution in [2.45, 2.75) is 39.0 Å². The molecule has 0 saturated heterocycles. The van der Waals surface area contributed by atoms with Gasteiger partial charge in [0.25, 0.3) is 0 Å². The second-order valence-electron chi connectivity index (χ2n) is 3.22. The summed E-state index contributed by atoms with van der Waals surface area (Å²) in [4.78, 5) is 9.89. The summed E-state index contributed by atoms with van der Waals surface area (Å²) in [6.07, 6.45) is 3.89. The summed E-state index contributed by atoms with van der Waals surface area (Å²) in [6, 6.07) is 0. The largest absolute Gasteiger partial charge is 0.665 e. The third-order valence-electron chi connectivity index (χ3n) is 1.68. The number of carbonyl (C=O) groups is 1. The molecule has 0 aliphatic heterocycles. The first-order chi connectivity index (χ1) is 7.18. The van der Waals surface area contributed by atoms with Crippen molar-refractivity contribution in [2.24, 2.45) is 0 Å². The third-order valence-corrected chi connectivity index (χ3v) is 1.68. The molecule has 4 nitrogen and oxygen atoms in total. The van der Waals surface area contributed by atoms with Crippen LogP contribution in [0.4, 0.5) is 0 Å². The van der Waals surface area contributed by atoms with Gasteiger partial charge in [-0.25, -0.2) is 0 Å². The molecule has 0 aromatic rings. The molecule has 4 heteroatoms. The van der Waals surface area contributed by atoms with E-state index in [-0.39, 0.29) is 6.42 Å². The lowest BCUT2D eigenvalue weighted by Crippen LogP contribution is -2.21. The van der Waals surface area contributed by atoms with Crippen molar-refractivity contribution >= 4 is 5.97 Å². The Balaban J connectivity index is 0. The predicted octanol–water partition coefficient (Wildman–Crippen LogP) is 1.34. The molecule has 0 spiro atoms. The number of hydrogen-bond donors (Lipinski definition) is 0. The summed E-state index contributed by atoms with van der Waals surface area (Å²) in [6.45, 7) is 3.85. The first-order valence-corrected chi connectivity index (χ1v) is 5.43. The number of unbranched alkanes of at least 4 members (excludes halogenated alkanes) is 2. The molecular formula is C11H23NO3-2. The monoisotopic (exact) mass is 217 g/mol. The van der Waals surface area contributed by atoms with Gasteiger partial charge in [-0.1, -0.05) is 19.8 Å². The van der Waals surface area contributed by atoms with E-state index >= 15 is 0 Å². The molecule has 0 heterocycles. The topological polar surface area (TPSA) is 63.5 Å². The van der Waals surface area contributed by atoms with Crippen molar-refractivity contribution in [2.75, 3.05) is 27.3 Å². The number of carboxylic acid groups (broad SMARTS) is 1. The van der Waals surface area contributed by atoms with Crippen LogP contribution in [0.3, 0.4) is 0 Å². The van der Waals surface area contributed by atoms with Gasteiger partial charge in [-0.15, -0.1) is 6.54 Å². The zero-order chi connectivity index (χ0) is 11.9. The summed E-state index contributed by atoms with van der Waals surface area (Å²) in [7, 11) is 3.47.